The lowest BCUT2D eigenvalue weighted by molar-refractivity contribution is 0.0787. The van der Waals surface area contributed by atoms with E-state index in [0.717, 1.165) is 19.5 Å². The first-order valence-electron chi connectivity index (χ1n) is 6.26. The molecule has 0 radical (unpaired) electrons. The van der Waals surface area contributed by atoms with Crippen molar-refractivity contribution in [2.45, 2.75) is 6.42 Å². The molecule has 1 atom stereocenters. The Kier molecular flexibility index (Phi) is 4.53. The van der Waals surface area contributed by atoms with Gasteiger partial charge in [-0.3, -0.25) is 4.79 Å². The summed E-state index contributed by atoms with van der Waals surface area (Å²) in [4.78, 5) is 14.3. The molecule has 2 rings (SSSR count). The average Bonchev–Trinajstić information content (AvgIpc) is 2.94. The van der Waals surface area contributed by atoms with Crippen LogP contribution in [0.5, 0.6) is 11.5 Å². The number of rotatable bonds is 4. The lowest BCUT2D eigenvalue weighted by atomic mass is 10.1. The Morgan fingerprint density at radius 3 is 2.42 bits per heavy atom. The molecule has 4 nitrogen and oxygen atoms in total. The van der Waals surface area contributed by atoms with Crippen LogP contribution in [0.4, 0.5) is 0 Å². The van der Waals surface area contributed by atoms with Crippen LogP contribution >= 0.6 is 11.6 Å². The summed E-state index contributed by atoms with van der Waals surface area (Å²) in [5.74, 6) is 2.25. The second kappa shape index (κ2) is 6.15. The van der Waals surface area contributed by atoms with Crippen molar-refractivity contribution >= 4 is 17.5 Å². The van der Waals surface area contributed by atoms with Gasteiger partial charge >= 0.3 is 0 Å². The van der Waals surface area contributed by atoms with Gasteiger partial charge in [-0.15, -0.1) is 11.6 Å². The van der Waals surface area contributed by atoms with Crippen molar-refractivity contribution in [2.75, 3.05) is 33.2 Å². The van der Waals surface area contributed by atoms with Crippen LogP contribution in [0.15, 0.2) is 18.2 Å². The largest absolute Gasteiger partial charge is 0.497 e. The van der Waals surface area contributed by atoms with Gasteiger partial charge in [-0.05, 0) is 24.5 Å². The second-order valence-electron chi connectivity index (χ2n) is 4.66. The van der Waals surface area contributed by atoms with Crippen LogP contribution < -0.4 is 9.47 Å². The molecule has 1 amide bonds. The van der Waals surface area contributed by atoms with Crippen molar-refractivity contribution < 1.29 is 14.3 Å². The molecule has 1 aliphatic rings. The number of hydrogen-bond donors (Lipinski definition) is 0. The van der Waals surface area contributed by atoms with Gasteiger partial charge in [0.1, 0.15) is 11.5 Å². The maximum atomic E-state index is 12.4. The van der Waals surface area contributed by atoms with Gasteiger partial charge in [0.2, 0.25) is 0 Å². The molecule has 1 aromatic carbocycles. The number of carbonyl (C=O) groups excluding carboxylic acids is 1. The predicted octanol–water partition coefficient (Wildman–Crippen LogP) is 2.40. The number of carbonyl (C=O) groups is 1. The van der Waals surface area contributed by atoms with Crippen molar-refractivity contribution in [3.63, 3.8) is 0 Å². The average molecular weight is 284 g/mol. The standard InChI is InChI=1S/C14H18ClNO3/c1-18-12-5-11(6-13(7-12)19-2)14(17)16-4-3-10(8-15)9-16/h5-7,10H,3-4,8-9H2,1-2H3. The first-order chi connectivity index (χ1) is 9.17. The maximum absolute atomic E-state index is 12.4. The highest BCUT2D eigenvalue weighted by atomic mass is 35.5. The number of ether oxygens (including phenoxy) is 2. The van der Waals surface area contributed by atoms with Crippen molar-refractivity contribution in [1.29, 1.82) is 0 Å². The molecule has 1 saturated heterocycles. The minimum Gasteiger partial charge on any atom is -0.497 e. The number of methoxy groups -OCH3 is 2. The van der Waals surface area contributed by atoms with Crippen LogP contribution in [0.25, 0.3) is 0 Å². The summed E-state index contributed by atoms with van der Waals surface area (Å²) in [7, 11) is 3.14. The van der Waals surface area contributed by atoms with Crippen LogP contribution in [-0.4, -0.2) is 44.0 Å². The molecule has 1 aliphatic heterocycles. The first kappa shape index (κ1) is 14.0. The van der Waals surface area contributed by atoms with Gasteiger partial charge < -0.3 is 14.4 Å². The summed E-state index contributed by atoms with van der Waals surface area (Å²) in [6.07, 6.45) is 0.969. The Bertz CT molecular complexity index is 442. The minimum absolute atomic E-state index is 0.00446. The smallest absolute Gasteiger partial charge is 0.254 e. The summed E-state index contributed by atoms with van der Waals surface area (Å²) >= 11 is 5.84. The molecule has 1 unspecified atom stereocenters. The number of alkyl halides is 1. The Labute approximate surface area is 118 Å². The van der Waals surface area contributed by atoms with Crippen LogP contribution in [0.1, 0.15) is 16.8 Å². The zero-order valence-corrected chi connectivity index (χ0v) is 11.9. The van der Waals surface area contributed by atoms with Gasteiger partial charge in [0.25, 0.3) is 5.91 Å². The van der Waals surface area contributed by atoms with Crippen molar-refractivity contribution in [2.24, 2.45) is 5.92 Å². The molecule has 1 heterocycles. The third-order valence-electron chi connectivity index (χ3n) is 3.39. The summed E-state index contributed by atoms with van der Waals surface area (Å²) in [6.45, 7) is 1.48. The summed E-state index contributed by atoms with van der Waals surface area (Å²) in [5.41, 5.74) is 0.589. The molecule has 1 fully saturated rings. The van der Waals surface area contributed by atoms with E-state index >= 15 is 0 Å². The SMILES string of the molecule is COc1cc(OC)cc(C(=O)N2CCC(CCl)C2)c1. The molecular weight excluding hydrogens is 266 g/mol. The summed E-state index contributed by atoms with van der Waals surface area (Å²) < 4.78 is 10.4. The molecule has 0 aliphatic carbocycles. The Hall–Kier alpha value is -1.42. The number of halogens is 1. The molecule has 5 heteroatoms. The third-order valence-corrected chi connectivity index (χ3v) is 3.83. The fourth-order valence-electron chi connectivity index (χ4n) is 2.26. The van der Waals surface area contributed by atoms with Gasteiger partial charge in [0.15, 0.2) is 0 Å². The van der Waals surface area contributed by atoms with Crippen molar-refractivity contribution in [3.05, 3.63) is 23.8 Å². The highest BCUT2D eigenvalue weighted by Crippen LogP contribution is 2.25. The molecule has 0 saturated carbocycles. The molecule has 104 valence electrons. The zero-order chi connectivity index (χ0) is 13.8. The van der Waals surface area contributed by atoms with Crippen LogP contribution in [0, 0.1) is 5.92 Å². The van der Waals surface area contributed by atoms with E-state index < -0.39 is 0 Å². The highest BCUT2D eigenvalue weighted by molar-refractivity contribution is 6.18. The summed E-state index contributed by atoms with van der Waals surface area (Å²) in [6, 6.07) is 5.22. The van der Waals surface area contributed by atoms with Gasteiger partial charge in [-0.1, -0.05) is 0 Å². The first-order valence-corrected chi connectivity index (χ1v) is 6.79. The zero-order valence-electron chi connectivity index (χ0n) is 11.2. The lowest BCUT2D eigenvalue weighted by Crippen LogP contribution is -2.28. The van der Waals surface area contributed by atoms with Gasteiger partial charge in [0.05, 0.1) is 14.2 Å². The molecule has 0 aromatic heterocycles. The number of amides is 1. The van der Waals surface area contributed by atoms with E-state index in [4.69, 9.17) is 21.1 Å². The third kappa shape index (κ3) is 3.13. The Balaban J connectivity index is 2.19. The molecule has 0 spiro atoms. The predicted molar refractivity (Wildman–Crippen MR) is 74.3 cm³/mol. The molecule has 1 aromatic rings. The van der Waals surface area contributed by atoms with E-state index in [1.54, 1.807) is 32.4 Å². The fourth-order valence-corrected chi connectivity index (χ4v) is 2.51. The number of hydrogen-bond acceptors (Lipinski definition) is 3. The Morgan fingerprint density at radius 2 is 1.95 bits per heavy atom. The van der Waals surface area contributed by atoms with E-state index in [0.29, 0.717) is 28.9 Å². The van der Waals surface area contributed by atoms with Gasteiger partial charge in [-0.25, -0.2) is 0 Å². The number of likely N-dealkylation sites (tertiary alicyclic amines) is 1. The normalized spacial score (nSPS) is 18.5. The van der Waals surface area contributed by atoms with E-state index in [9.17, 15) is 4.79 Å². The second-order valence-corrected chi connectivity index (χ2v) is 4.97. The van der Waals surface area contributed by atoms with Gasteiger partial charge in [0, 0.05) is 30.6 Å². The van der Waals surface area contributed by atoms with E-state index in [1.807, 2.05) is 4.90 Å². The highest BCUT2D eigenvalue weighted by Gasteiger charge is 2.26. The van der Waals surface area contributed by atoms with Crippen molar-refractivity contribution in [1.82, 2.24) is 4.90 Å². The number of benzene rings is 1. The number of nitrogens with zero attached hydrogens (tertiary/aromatic N) is 1. The summed E-state index contributed by atoms with van der Waals surface area (Å²) in [5, 5.41) is 0. The monoisotopic (exact) mass is 283 g/mol. The van der Waals surface area contributed by atoms with Gasteiger partial charge in [-0.2, -0.15) is 0 Å². The quantitative estimate of drug-likeness (QED) is 0.797. The van der Waals surface area contributed by atoms with Crippen LogP contribution in [-0.2, 0) is 0 Å². The topological polar surface area (TPSA) is 38.8 Å². The fraction of sp³-hybridized carbons (Fsp3) is 0.500. The lowest BCUT2D eigenvalue weighted by Gasteiger charge is -2.17. The van der Waals surface area contributed by atoms with E-state index in [1.165, 1.54) is 0 Å². The van der Waals surface area contributed by atoms with Crippen LogP contribution in [0.3, 0.4) is 0 Å². The van der Waals surface area contributed by atoms with Crippen molar-refractivity contribution in [3.8, 4) is 11.5 Å². The van der Waals surface area contributed by atoms with E-state index in [-0.39, 0.29) is 5.91 Å². The van der Waals surface area contributed by atoms with E-state index in [2.05, 4.69) is 0 Å². The maximum Gasteiger partial charge on any atom is 0.254 e. The molecule has 0 bridgehead atoms. The minimum atomic E-state index is 0.00446. The molecule has 0 N–H and O–H groups in total. The van der Waals surface area contributed by atoms with Crippen LogP contribution in [0.2, 0.25) is 0 Å². The molecule has 19 heavy (non-hydrogen) atoms. The Morgan fingerprint density at radius 1 is 1.32 bits per heavy atom. The molecular formula is C14H18ClNO3.